The van der Waals surface area contributed by atoms with E-state index >= 15 is 0 Å². The molecule has 1 N–H and O–H groups in total. The Bertz CT molecular complexity index is 349. The van der Waals surface area contributed by atoms with Gasteiger partial charge in [0.2, 0.25) is 0 Å². The van der Waals surface area contributed by atoms with Crippen LogP contribution in [0.4, 0.5) is 0 Å². The highest BCUT2D eigenvalue weighted by Gasteiger charge is 2.11. The van der Waals surface area contributed by atoms with Gasteiger partial charge in [-0.15, -0.1) is 0 Å². The van der Waals surface area contributed by atoms with E-state index < -0.39 is 0 Å². The Kier molecular flexibility index (Phi) is 7.76. The number of ether oxygens (including phenoxy) is 1. The highest BCUT2D eigenvalue weighted by molar-refractivity contribution is 5.25. The first kappa shape index (κ1) is 16.2. The average molecular weight is 263 g/mol. The minimum Gasteiger partial charge on any atom is -0.385 e. The first-order chi connectivity index (χ1) is 9.13. The second-order valence-corrected chi connectivity index (χ2v) is 5.80. The molecule has 0 aliphatic rings. The second-order valence-electron chi connectivity index (χ2n) is 5.80. The topological polar surface area (TPSA) is 21.3 Å². The van der Waals surface area contributed by atoms with E-state index in [0.717, 1.165) is 26.1 Å². The van der Waals surface area contributed by atoms with E-state index in [1.165, 1.54) is 17.5 Å². The van der Waals surface area contributed by atoms with E-state index in [1.807, 2.05) is 0 Å². The van der Waals surface area contributed by atoms with E-state index in [0.29, 0.717) is 11.8 Å². The number of rotatable bonds is 9. The van der Waals surface area contributed by atoms with Gasteiger partial charge in [-0.05, 0) is 43.7 Å². The predicted molar refractivity (Wildman–Crippen MR) is 82.7 cm³/mol. The van der Waals surface area contributed by atoms with Crippen LogP contribution < -0.4 is 5.32 Å². The Morgan fingerprint density at radius 3 is 2.63 bits per heavy atom. The van der Waals surface area contributed by atoms with Crippen LogP contribution in [-0.2, 0) is 4.74 Å². The number of aryl methyl sites for hydroxylation is 1. The summed E-state index contributed by atoms with van der Waals surface area (Å²) in [6, 6.07) is 8.89. The van der Waals surface area contributed by atoms with Crippen LogP contribution in [0.2, 0.25) is 0 Å². The number of hydrogen-bond acceptors (Lipinski definition) is 2. The standard InChI is InChI=1S/C17H29NO/c1-14(2)12-18-13-17(9-6-10-19-4)16-8-5-7-15(3)11-16/h5,7-8,11,14,17-18H,6,9-10,12-13H2,1-4H3. The molecule has 1 aromatic rings. The third-order valence-electron chi connectivity index (χ3n) is 3.36. The van der Waals surface area contributed by atoms with Crippen molar-refractivity contribution in [2.75, 3.05) is 26.8 Å². The van der Waals surface area contributed by atoms with Crippen LogP contribution >= 0.6 is 0 Å². The summed E-state index contributed by atoms with van der Waals surface area (Å²) in [5.41, 5.74) is 2.80. The summed E-state index contributed by atoms with van der Waals surface area (Å²) in [5.74, 6) is 1.30. The van der Waals surface area contributed by atoms with Gasteiger partial charge in [0.15, 0.2) is 0 Å². The normalized spacial score (nSPS) is 12.9. The lowest BCUT2D eigenvalue weighted by molar-refractivity contribution is 0.190. The van der Waals surface area contributed by atoms with Crippen molar-refractivity contribution in [1.29, 1.82) is 0 Å². The molecule has 0 saturated heterocycles. The van der Waals surface area contributed by atoms with Gasteiger partial charge in [-0.1, -0.05) is 43.7 Å². The van der Waals surface area contributed by atoms with E-state index in [2.05, 4.69) is 50.4 Å². The van der Waals surface area contributed by atoms with Crippen molar-refractivity contribution in [3.8, 4) is 0 Å². The van der Waals surface area contributed by atoms with Gasteiger partial charge in [-0.25, -0.2) is 0 Å². The van der Waals surface area contributed by atoms with Crippen molar-refractivity contribution in [3.05, 3.63) is 35.4 Å². The molecular weight excluding hydrogens is 234 g/mol. The first-order valence-electron chi connectivity index (χ1n) is 7.39. The van der Waals surface area contributed by atoms with Crippen LogP contribution in [0.3, 0.4) is 0 Å². The second kappa shape index (κ2) is 9.11. The lowest BCUT2D eigenvalue weighted by Gasteiger charge is -2.19. The zero-order chi connectivity index (χ0) is 14.1. The SMILES string of the molecule is COCCCC(CNCC(C)C)c1cccc(C)c1. The molecule has 0 aromatic heterocycles. The Hall–Kier alpha value is -0.860. The number of benzene rings is 1. The quantitative estimate of drug-likeness (QED) is 0.685. The van der Waals surface area contributed by atoms with Crippen LogP contribution in [0.25, 0.3) is 0 Å². The molecule has 2 heteroatoms. The molecule has 0 radical (unpaired) electrons. The van der Waals surface area contributed by atoms with E-state index in [1.54, 1.807) is 7.11 Å². The van der Waals surface area contributed by atoms with Crippen LogP contribution in [0.5, 0.6) is 0 Å². The molecule has 2 nitrogen and oxygen atoms in total. The Morgan fingerprint density at radius 1 is 1.21 bits per heavy atom. The zero-order valence-electron chi connectivity index (χ0n) is 12.9. The van der Waals surface area contributed by atoms with Crippen molar-refractivity contribution >= 4 is 0 Å². The summed E-state index contributed by atoms with van der Waals surface area (Å²) in [7, 11) is 1.78. The molecule has 19 heavy (non-hydrogen) atoms. The third-order valence-corrected chi connectivity index (χ3v) is 3.36. The van der Waals surface area contributed by atoms with Gasteiger partial charge >= 0.3 is 0 Å². The molecule has 1 rings (SSSR count). The van der Waals surface area contributed by atoms with Crippen molar-refractivity contribution < 1.29 is 4.74 Å². The summed E-state index contributed by atoms with van der Waals surface area (Å²) in [6.45, 7) is 9.67. The fourth-order valence-electron chi connectivity index (χ4n) is 2.33. The third kappa shape index (κ3) is 6.74. The van der Waals surface area contributed by atoms with Gasteiger partial charge in [-0.3, -0.25) is 0 Å². The fourth-order valence-corrected chi connectivity index (χ4v) is 2.33. The molecule has 0 aliphatic heterocycles. The molecule has 0 aliphatic carbocycles. The molecule has 1 unspecified atom stereocenters. The van der Waals surface area contributed by atoms with Gasteiger partial charge in [0, 0.05) is 20.3 Å². The van der Waals surface area contributed by atoms with Crippen molar-refractivity contribution in [2.45, 2.75) is 39.5 Å². The van der Waals surface area contributed by atoms with Gasteiger partial charge in [-0.2, -0.15) is 0 Å². The Morgan fingerprint density at radius 2 is 2.00 bits per heavy atom. The van der Waals surface area contributed by atoms with Crippen molar-refractivity contribution in [3.63, 3.8) is 0 Å². The molecule has 0 spiro atoms. The van der Waals surface area contributed by atoms with Gasteiger partial charge in [0.05, 0.1) is 0 Å². The van der Waals surface area contributed by atoms with Gasteiger partial charge in [0.1, 0.15) is 0 Å². The summed E-state index contributed by atoms with van der Waals surface area (Å²) in [4.78, 5) is 0. The average Bonchev–Trinajstić information content (AvgIpc) is 2.37. The van der Waals surface area contributed by atoms with E-state index in [-0.39, 0.29) is 0 Å². The summed E-state index contributed by atoms with van der Waals surface area (Å²) in [6.07, 6.45) is 2.31. The summed E-state index contributed by atoms with van der Waals surface area (Å²) in [5, 5.41) is 3.59. The van der Waals surface area contributed by atoms with Gasteiger partial charge in [0.25, 0.3) is 0 Å². The van der Waals surface area contributed by atoms with Crippen LogP contribution in [0.1, 0.15) is 43.7 Å². The van der Waals surface area contributed by atoms with Crippen LogP contribution in [0.15, 0.2) is 24.3 Å². The lowest BCUT2D eigenvalue weighted by atomic mass is 9.93. The summed E-state index contributed by atoms with van der Waals surface area (Å²) < 4.78 is 5.17. The molecule has 0 heterocycles. The molecule has 0 fully saturated rings. The first-order valence-corrected chi connectivity index (χ1v) is 7.39. The molecule has 1 aromatic carbocycles. The lowest BCUT2D eigenvalue weighted by Crippen LogP contribution is -2.25. The molecule has 0 amide bonds. The maximum atomic E-state index is 5.17. The fraction of sp³-hybridized carbons (Fsp3) is 0.647. The van der Waals surface area contributed by atoms with Crippen molar-refractivity contribution in [1.82, 2.24) is 5.32 Å². The Labute approximate surface area is 118 Å². The maximum absolute atomic E-state index is 5.17. The predicted octanol–water partition coefficient (Wildman–Crippen LogP) is 3.75. The smallest absolute Gasteiger partial charge is 0.0462 e. The highest BCUT2D eigenvalue weighted by atomic mass is 16.5. The molecule has 0 saturated carbocycles. The molecule has 108 valence electrons. The minimum absolute atomic E-state index is 0.591. The molecule has 0 bridgehead atoms. The van der Waals surface area contributed by atoms with Crippen LogP contribution in [0, 0.1) is 12.8 Å². The maximum Gasteiger partial charge on any atom is 0.0462 e. The van der Waals surface area contributed by atoms with Crippen molar-refractivity contribution in [2.24, 2.45) is 5.92 Å². The number of hydrogen-bond donors (Lipinski definition) is 1. The largest absolute Gasteiger partial charge is 0.385 e. The van der Waals surface area contributed by atoms with Crippen LogP contribution in [-0.4, -0.2) is 26.8 Å². The zero-order valence-corrected chi connectivity index (χ0v) is 12.9. The van der Waals surface area contributed by atoms with Gasteiger partial charge < -0.3 is 10.1 Å². The molecular formula is C17H29NO. The minimum atomic E-state index is 0.591. The monoisotopic (exact) mass is 263 g/mol. The summed E-state index contributed by atoms with van der Waals surface area (Å²) >= 11 is 0. The number of nitrogens with one attached hydrogen (secondary N) is 1. The molecule has 1 atom stereocenters. The highest BCUT2D eigenvalue weighted by Crippen LogP contribution is 2.21. The Balaban J connectivity index is 2.57. The van der Waals surface area contributed by atoms with E-state index in [4.69, 9.17) is 4.74 Å². The van der Waals surface area contributed by atoms with E-state index in [9.17, 15) is 0 Å². The number of methoxy groups -OCH3 is 1.